The molecule has 1 aliphatic heterocycles. The number of ether oxygens (including phenoxy) is 1. The summed E-state index contributed by atoms with van der Waals surface area (Å²) < 4.78 is 60.1. The molecule has 1 aliphatic carbocycles. The number of benzene rings is 2. The zero-order chi connectivity index (χ0) is 25.6. The first-order chi connectivity index (χ1) is 17.2. The molecule has 0 aromatic heterocycles. The third-order valence-corrected chi connectivity index (χ3v) is 10.00. The van der Waals surface area contributed by atoms with E-state index < -0.39 is 20.0 Å². The number of carbonyl (C=O) groups is 1. The average molecular weight is 536 g/mol. The molecule has 36 heavy (non-hydrogen) atoms. The van der Waals surface area contributed by atoms with Crippen LogP contribution in [0.15, 0.2) is 58.3 Å². The van der Waals surface area contributed by atoms with Crippen LogP contribution in [-0.4, -0.2) is 52.8 Å². The van der Waals surface area contributed by atoms with Crippen molar-refractivity contribution in [3.63, 3.8) is 0 Å². The monoisotopic (exact) mass is 535 g/mol. The second-order valence-corrected chi connectivity index (χ2v) is 12.9. The van der Waals surface area contributed by atoms with Crippen LogP contribution in [0.1, 0.15) is 50.5 Å². The second-order valence-electron chi connectivity index (χ2n) is 9.25. The molecule has 0 radical (unpaired) electrons. The van der Waals surface area contributed by atoms with Crippen molar-refractivity contribution in [1.82, 2.24) is 14.3 Å². The minimum atomic E-state index is -3.59. The zero-order valence-electron chi connectivity index (χ0n) is 20.2. The summed E-state index contributed by atoms with van der Waals surface area (Å²) in [6.07, 6.45) is 6.70. The molecule has 0 bridgehead atoms. The van der Waals surface area contributed by atoms with E-state index in [-0.39, 0.29) is 34.9 Å². The molecule has 2 aliphatic rings. The van der Waals surface area contributed by atoms with Gasteiger partial charge in [-0.3, -0.25) is 4.79 Å². The summed E-state index contributed by atoms with van der Waals surface area (Å²) in [5, 5.41) is 2.73. The SMILES string of the molecule is O=C(COc1ccc(S(=O)(=O)NC2CCCCC2)cc1)NCc1ccc(S(=O)(=O)N2CCCC2)cc1. The van der Waals surface area contributed by atoms with Gasteiger partial charge in [0, 0.05) is 25.7 Å². The molecule has 1 amide bonds. The molecule has 0 atom stereocenters. The predicted molar refractivity (Wildman–Crippen MR) is 135 cm³/mol. The van der Waals surface area contributed by atoms with Gasteiger partial charge in [0.2, 0.25) is 20.0 Å². The highest BCUT2D eigenvalue weighted by Crippen LogP contribution is 2.22. The van der Waals surface area contributed by atoms with Crippen molar-refractivity contribution in [1.29, 1.82) is 0 Å². The molecular formula is C25H33N3O6S2. The van der Waals surface area contributed by atoms with Crippen LogP contribution in [0, 0.1) is 0 Å². The first-order valence-corrected chi connectivity index (χ1v) is 15.3. The molecule has 2 N–H and O–H groups in total. The lowest BCUT2D eigenvalue weighted by atomic mass is 9.96. The van der Waals surface area contributed by atoms with Crippen LogP contribution < -0.4 is 14.8 Å². The van der Waals surface area contributed by atoms with E-state index >= 15 is 0 Å². The number of amides is 1. The molecular weight excluding hydrogens is 502 g/mol. The summed E-state index contributed by atoms with van der Waals surface area (Å²) in [5.74, 6) is 0.0395. The van der Waals surface area contributed by atoms with Crippen LogP contribution in [0.3, 0.4) is 0 Å². The normalized spacial score (nSPS) is 17.7. The Bertz CT molecular complexity index is 1230. The summed E-state index contributed by atoms with van der Waals surface area (Å²) in [7, 11) is -7.05. The fourth-order valence-electron chi connectivity index (χ4n) is 4.48. The van der Waals surface area contributed by atoms with E-state index in [0.717, 1.165) is 50.5 Å². The van der Waals surface area contributed by atoms with Gasteiger partial charge in [-0.1, -0.05) is 31.4 Å². The Hall–Kier alpha value is -2.47. The molecule has 1 heterocycles. The number of nitrogens with zero attached hydrogens (tertiary/aromatic N) is 1. The first-order valence-electron chi connectivity index (χ1n) is 12.3. The Kier molecular flexibility index (Phi) is 8.66. The maximum atomic E-state index is 12.6. The van der Waals surface area contributed by atoms with Gasteiger partial charge >= 0.3 is 0 Å². The third-order valence-electron chi connectivity index (χ3n) is 6.55. The van der Waals surface area contributed by atoms with Crippen LogP contribution in [0.2, 0.25) is 0 Å². The van der Waals surface area contributed by atoms with Crippen LogP contribution >= 0.6 is 0 Å². The van der Waals surface area contributed by atoms with Gasteiger partial charge in [-0.05, 0) is 67.6 Å². The van der Waals surface area contributed by atoms with Crippen LogP contribution in [0.4, 0.5) is 0 Å². The van der Waals surface area contributed by atoms with Crippen LogP contribution in [0.5, 0.6) is 5.75 Å². The predicted octanol–water partition coefficient (Wildman–Crippen LogP) is 2.78. The van der Waals surface area contributed by atoms with Gasteiger partial charge in [0.05, 0.1) is 9.79 Å². The Morgan fingerprint density at radius 1 is 0.833 bits per heavy atom. The number of nitrogens with one attached hydrogen (secondary N) is 2. The maximum absolute atomic E-state index is 12.6. The lowest BCUT2D eigenvalue weighted by Gasteiger charge is -2.22. The first kappa shape index (κ1) is 26.6. The highest BCUT2D eigenvalue weighted by atomic mass is 32.2. The molecule has 0 spiro atoms. The lowest BCUT2D eigenvalue weighted by Crippen LogP contribution is -2.36. The van der Waals surface area contributed by atoms with E-state index in [0.29, 0.717) is 18.8 Å². The van der Waals surface area contributed by atoms with E-state index in [9.17, 15) is 21.6 Å². The van der Waals surface area contributed by atoms with Crippen LogP contribution in [-0.2, 0) is 31.4 Å². The van der Waals surface area contributed by atoms with Crippen molar-refractivity contribution >= 4 is 26.0 Å². The summed E-state index contributed by atoms with van der Waals surface area (Å²) in [6.45, 7) is 1.11. The van der Waals surface area contributed by atoms with Gasteiger partial charge in [-0.25, -0.2) is 21.6 Å². The van der Waals surface area contributed by atoms with Crippen molar-refractivity contribution in [2.75, 3.05) is 19.7 Å². The molecule has 0 unspecified atom stereocenters. The summed E-state index contributed by atoms with van der Waals surface area (Å²) in [5.41, 5.74) is 0.767. The molecule has 2 aromatic rings. The van der Waals surface area contributed by atoms with Crippen LogP contribution in [0.25, 0.3) is 0 Å². The number of rotatable bonds is 10. The van der Waals surface area contributed by atoms with E-state index in [4.69, 9.17) is 4.74 Å². The van der Waals surface area contributed by atoms with E-state index in [1.807, 2.05) is 0 Å². The van der Waals surface area contributed by atoms with Gasteiger partial charge in [-0.15, -0.1) is 0 Å². The second kappa shape index (κ2) is 11.7. The van der Waals surface area contributed by atoms with Gasteiger partial charge < -0.3 is 10.1 Å². The quantitative estimate of drug-likeness (QED) is 0.483. The van der Waals surface area contributed by atoms with Gasteiger partial charge in [0.15, 0.2) is 6.61 Å². The van der Waals surface area contributed by atoms with Crippen molar-refractivity contribution in [3.8, 4) is 5.75 Å². The number of hydrogen-bond acceptors (Lipinski definition) is 6. The van der Waals surface area contributed by atoms with Gasteiger partial charge in [-0.2, -0.15) is 4.31 Å². The molecule has 1 saturated heterocycles. The molecule has 4 rings (SSSR count). The highest BCUT2D eigenvalue weighted by Gasteiger charge is 2.27. The topological polar surface area (TPSA) is 122 Å². The maximum Gasteiger partial charge on any atom is 0.258 e. The Morgan fingerprint density at radius 2 is 1.44 bits per heavy atom. The van der Waals surface area contributed by atoms with Gasteiger partial charge in [0.1, 0.15) is 5.75 Å². The summed E-state index contributed by atoms with van der Waals surface area (Å²) >= 11 is 0. The number of hydrogen-bond donors (Lipinski definition) is 2. The molecule has 2 fully saturated rings. The largest absolute Gasteiger partial charge is 0.484 e. The Balaban J connectivity index is 1.23. The summed E-state index contributed by atoms with van der Waals surface area (Å²) in [4.78, 5) is 12.6. The number of sulfonamides is 2. The molecule has 11 heteroatoms. The Morgan fingerprint density at radius 3 is 2.08 bits per heavy atom. The van der Waals surface area contributed by atoms with E-state index in [1.165, 1.54) is 28.6 Å². The van der Waals surface area contributed by atoms with Crippen molar-refractivity contribution in [2.45, 2.75) is 67.3 Å². The fraction of sp³-hybridized carbons (Fsp3) is 0.480. The van der Waals surface area contributed by atoms with Gasteiger partial charge in [0.25, 0.3) is 5.91 Å². The van der Waals surface area contributed by atoms with E-state index in [1.54, 1.807) is 24.3 Å². The Labute approximate surface area is 213 Å². The highest BCUT2D eigenvalue weighted by molar-refractivity contribution is 7.89. The number of carbonyl (C=O) groups excluding carboxylic acids is 1. The van der Waals surface area contributed by atoms with Crippen molar-refractivity contribution in [2.24, 2.45) is 0 Å². The smallest absolute Gasteiger partial charge is 0.258 e. The van der Waals surface area contributed by atoms with Crippen molar-refractivity contribution < 1.29 is 26.4 Å². The van der Waals surface area contributed by atoms with Crippen molar-refractivity contribution in [3.05, 3.63) is 54.1 Å². The molecule has 9 nitrogen and oxygen atoms in total. The molecule has 1 saturated carbocycles. The standard InChI is InChI=1S/C25H33N3O6S2/c29-25(26-18-20-8-12-24(13-9-20)36(32,33)28-16-4-5-17-28)19-34-22-10-14-23(15-11-22)35(30,31)27-21-6-2-1-3-7-21/h8-15,21,27H,1-7,16-19H2,(H,26,29). The minimum Gasteiger partial charge on any atom is -0.484 e. The lowest BCUT2D eigenvalue weighted by molar-refractivity contribution is -0.123. The molecule has 2 aromatic carbocycles. The van der Waals surface area contributed by atoms with E-state index in [2.05, 4.69) is 10.0 Å². The fourth-order valence-corrected chi connectivity index (χ4v) is 7.30. The zero-order valence-corrected chi connectivity index (χ0v) is 21.8. The third kappa shape index (κ3) is 6.84. The summed E-state index contributed by atoms with van der Waals surface area (Å²) in [6, 6.07) is 12.5. The minimum absolute atomic E-state index is 0.0194. The average Bonchev–Trinajstić information content (AvgIpc) is 3.43. The molecule has 196 valence electrons.